The Balaban J connectivity index is 1.21. The van der Waals surface area contributed by atoms with Gasteiger partial charge in [-0.1, -0.05) is 28.1 Å². The van der Waals surface area contributed by atoms with Crippen LogP contribution in [0.5, 0.6) is 0 Å². The second-order valence-corrected chi connectivity index (χ2v) is 15.1. The number of thiophene rings is 1. The highest BCUT2D eigenvalue weighted by Crippen LogP contribution is 2.40. The van der Waals surface area contributed by atoms with Gasteiger partial charge < -0.3 is 36.4 Å². The van der Waals surface area contributed by atoms with E-state index in [0.717, 1.165) is 26.8 Å². The number of thioether (sulfide) groups is 1. The number of amides is 2. The van der Waals surface area contributed by atoms with Crippen LogP contribution in [0.2, 0.25) is 4.34 Å². The number of nitrogens with zero attached hydrogens (tertiary/aromatic N) is 6. The summed E-state index contributed by atoms with van der Waals surface area (Å²) in [5.41, 5.74) is 10.7. The largest absolute Gasteiger partial charge is 0.478 e. The van der Waals surface area contributed by atoms with E-state index >= 15 is 0 Å². The number of thiazole rings is 1. The molecule has 1 fully saturated rings. The van der Waals surface area contributed by atoms with Crippen molar-refractivity contribution in [2.75, 3.05) is 11.5 Å². The lowest BCUT2D eigenvalue weighted by Crippen LogP contribution is -2.71. The number of carboxylic acid groups (broad SMARTS) is 2. The number of β-lactam (4-membered cyclic amide) rings is 1. The first-order valence-electron chi connectivity index (χ1n) is 14.3. The molecule has 6 rings (SSSR count). The zero-order valence-electron chi connectivity index (χ0n) is 25.6. The minimum absolute atomic E-state index is 0.00151. The average Bonchev–Trinajstić information content (AvgIpc) is 3.83. The Morgan fingerprint density at radius 2 is 2.06 bits per heavy atom. The van der Waals surface area contributed by atoms with Crippen molar-refractivity contribution in [2.24, 2.45) is 10.9 Å². The highest BCUT2D eigenvalue weighted by atomic mass is 35.5. The second-order valence-electron chi connectivity index (χ2n) is 11.4. The number of nitrogens with one attached hydrogen (secondary N) is 2. The van der Waals surface area contributed by atoms with Gasteiger partial charge in [0, 0.05) is 33.3 Å². The Kier molecular flexibility index (Phi) is 8.90. The smallest absolute Gasteiger partial charge is 0.352 e. The zero-order chi connectivity index (χ0) is 35.4. The standard InChI is InChI=1S/C28H27ClN10O7S3/c1-28(2,26(44)45)46-35-17(16-20(29)49-27(32)34-16)22(40)33-18-23(41)39-19(25(42)43)13(11-48-24(18)39)8-37-4-3-15-36(5-6-38(15)37)9-14-7-12(10-47-14)21(30)31/h3-7,10,18,24H,8-9,11H2,1-2H3,(H7-,30,31,32,33,34,40,42,43,44,45)/p+1/b35-17-/t18-,24-/m1/s1. The SMILES string of the molecule is CC(C)(O/N=C(\C(=O)N[C@@H]1C(=O)N2C(C(=O)O)=C(C[n+]3ccc4n(Cc5cc(C(=N)N)cs5)ccn43)CS[C@H]12)c1nc(N)sc1Cl)C(=O)O. The fourth-order valence-corrected chi connectivity index (χ4v) is 8.29. The number of anilines is 1. The minimum Gasteiger partial charge on any atom is -0.478 e. The quantitative estimate of drug-likeness (QED) is 0.0394. The van der Waals surface area contributed by atoms with Gasteiger partial charge in [0.25, 0.3) is 11.8 Å². The van der Waals surface area contributed by atoms with Crippen molar-refractivity contribution in [3.63, 3.8) is 0 Å². The lowest BCUT2D eigenvalue weighted by Gasteiger charge is -2.49. The number of nitrogen functional groups attached to an aromatic ring is 2. The van der Waals surface area contributed by atoms with Crippen LogP contribution in [0.15, 0.2) is 52.5 Å². The Bertz CT molecular complexity index is 2110. The number of carbonyl (C=O) groups is 4. The summed E-state index contributed by atoms with van der Waals surface area (Å²) >= 11 is 9.84. The molecule has 4 aromatic rings. The minimum atomic E-state index is -1.82. The van der Waals surface area contributed by atoms with Gasteiger partial charge in [0.2, 0.25) is 5.60 Å². The van der Waals surface area contributed by atoms with E-state index in [1.165, 1.54) is 36.9 Å². The van der Waals surface area contributed by atoms with Crippen LogP contribution in [0.4, 0.5) is 5.13 Å². The molecule has 2 aliphatic rings. The maximum atomic E-state index is 13.4. The third kappa shape index (κ3) is 6.34. The van der Waals surface area contributed by atoms with E-state index < -0.39 is 46.5 Å². The molecule has 0 saturated carbocycles. The molecular weight excluding hydrogens is 720 g/mol. The highest BCUT2D eigenvalue weighted by molar-refractivity contribution is 8.00. The predicted molar refractivity (Wildman–Crippen MR) is 181 cm³/mol. The molecule has 6 heterocycles. The molecule has 17 nitrogen and oxygen atoms in total. The number of imidazole rings is 1. The van der Waals surface area contributed by atoms with E-state index in [-0.39, 0.29) is 39.0 Å². The van der Waals surface area contributed by atoms with Crippen molar-refractivity contribution in [3.8, 4) is 0 Å². The second kappa shape index (κ2) is 12.8. The fourth-order valence-electron chi connectivity index (χ4n) is 5.14. The van der Waals surface area contributed by atoms with Gasteiger partial charge in [-0.2, -0.15) is 0 Å². The summed E-state index contributed by atoms with van der Waals surface area (Å²) in [6.45, 7) is 3.16. The van der Waals surface area contributed by atoms with Crippen molar-refractivity contribution >= 4 is 92.1 Å². The number of nitrogens with two attached hydrogens (primary N) is 2. The molecule has 0 unspecified atom stereocenters. The maximum absolute atomic E-state index is 13.4. The van der Waals surface area contributed by atoms with E-state index in [4.69, 9.17) is 33.3 Å². The summed E-state index contributed by atoms with van der Waals surface area (Å²) in [6, 6.07) is 2.62. The van der Waals surface area contributed by atoms with Crippen molar-refractivity contribution < 1.29 is 38.9 Å². The number of aliphatic carboxylic acids is 2. The number of carboxylic acids is 2. The third-order valence-corrected chi connectivity index (χ3v) is 11.0. The van der Waals surface area contributed by atoms with Gasteiger partial charge in [0.05, 0.1) is 18.8 Å². The number of amidine groups is 1. The molecule has 21 heteroatoms. The number of rotatable bonds is 12. The van der Waals surface area contributed by atoms with E-state index in [0.29, 0.717) is 17.7 Å². The Morgan fingerprint density at radius 1 is 1.31 bits per heavy atom. The average molecular weight is 748 g/mol. The molecule has 8 N–H and O–H groups in total. The fraction of sp³-hybridized carbons (Fsp3) is 0.286. The number of oxime groups is 1. The summed E-state index contributed by atoms with van der Waals surface area (Å²) in [7, 11) is 0. The van der Waals surface area contributed by atoms with Gasteiger partial charge in [-0.05, 0) is 19.9 Å². The number of halogens is 1. The van der Waals surface area contributed by atoms with E-state index in [1.807, 2.05) is 49.9 Å². The summed E-state index contributed by atoms with van der Waals surface area (Å²) in [4.78, 5) is 62.2. The summed E-state index contributed by atoms with van der Waals surface area (Å²) < 4.78 is 5.69. The van der Waals surface area contributed by atoms with Crippen molar-refractivity contribution in [1.29, 1.82) is 5.41 Å². The zero-order valence-corrected chi connectivity index (χ0v) is 28.8. The van der Waals surface area contributed by atoms with Crippen LogP contribution >= 0.6 is 46.0 Å². The molecule has 49 heavy (non-hydrogen) atoms. The van der Waals surface area contributed by atoms with E-state index in [1.54, 1.807) is 0 Å². The topological polar surface area (TPSA) is 248 Å². The first-order valence-corrected chi connectivity index (χ1v) is 17.4. The molecule has 4 aromatic heterocycles. The number of aromatic nitrogens is 4. The number of hydrogen-bond donors (Lipinski definition) is 6. The maximum Gasteiger partial charge on any atom is 0.352 e. The predicted octanol–water partition coefficient (Wildman–Crippen LogP) is 1.14. The normalized spacial score (nSPS) is 18.0. The van der Waals surface area contributed by atoms with Crippen molar-refractivity contribution in [1.82, 2.24) is 24.3 Å². The number of fused-ring (bicyclic) bond motifs is 2. The van der Waals surface area contributed by atoms with Crippen LogP contribution in [-0.2, 0) is 37.1 Å². The molecule has 2 atom stereocenters. The Morgan fingerprint density at radius 3 is 2.69 bits per heavy atom. The third-order valence-electron chi connectivity index (χ3n) is 7.69. The Labute approximate surface area is 293 Å². The molecule has 0 aliphatic carbocycles. The monoisotopic (exact) mass is 747 g/mol. The molecular formula is C28H28ClN10O7S3+. The van der Waals surface area contributed by atoms with E-state index in [9.17, 15) is 29.4 Å². The van der Waals surface area contributed by atoms with Gasteiger partial charge in [0.15, 0.2) is 29.2 Å². The Hall–Kier alpha value is -4.92. The van der Waals surface area contributed by atoms with Gasteiger partial charge in [-0.15, -0.1) is 32.3 Å². The van der Waals surface area contributed by atoms with Crippen LogP contribution in [0.3, 0.4) is 0 Å². The molecule has 1 saturated heterocycles. The molecule has 256 valence electrons. The molecule has 0 spiro atoms. The highest BCUT2D eigenvalue weighted by Gasteiger charge is 2.55. The van der Waals surface area contributed by atoms with Gasteiger partial charge >= 0.3 is 11.9 Å². The van der Waals surface area contributed by atoms with Crippen LogP contribution in [0.1, 0.15) is 30.0 Å². The number of carbonyl (C=O) groups excluding carboxylic acids is 2. The molecule has 2 aliphatic heterocycles. The molecule has 0 radical (unpaired) electrons. The van der Waals surface area contributed by atoms with Crippen LogP contribution in [-0.4, -0.2) is 87.2 Å². The first-order chi connectivity index (χ1) is 23.2. The molecule has 0 bridgehead atoms. The van der Waals surface area contributed by atoms with Crippen LogP contribution < -0.4 is 21.5 Å². The van der Waals surface area contributed by atoms with Crippen LogP contribution in [0, 0.1) is 5.41 Å². The molecule has 0 aromatic carbocycles. The van der Waals surface area contributed by atoms with Crippen molar-refractivity contribution in [3.05, 3.63) is 67.8 Å². The summed E-state index contributed by atoms with van der Waals surface area (Å²) in [5, 5.41) is 34.6. The number of hydrogen-bond acceptors (Lipinski definition) is 12. The summed E-state index contributed by atoms with van der Waals surface area (Å²) in [6.07, 6.45) is 5.55. The van der Waals surface area contributed by atoms with Gasteiger partial charge in [-0.3, -0.25) is 19.9 Å². The van der Waals surface area contributed by atoms with Crippen molar-refractivity contribution in [2.45, 2.75) is 44.0 Å². The van der Waals surface area contributed by atoms with E-state index in [2.05, 4.69) is 15.5 Å². The lowest BCUT2D eigenvalue weighted by molar-refractivity contribution is -0.753. The summed E-state index contributed by atoms with van der Waals surface area (Å²) in [5.74, 6) is -4.01. The first kappa shape index (κ1) is 34.0. The van der Waals surface area contributed by atoms with Crippen LogP contribution in [0.25, 0.3) is 5.65 Å². The van der Waals surface area contributed by atoms with Gasteiger partial charge in [0.1, 0.15) is 33.0 Å². The lowest BCUT2D eigenvalue weighted by atomic mass is 10.0. The van der Waals surface area contributed by atoms with Gasteiger partial charge in [-0.25, -0.2) is 14.6 Å². The molecule has 2 amide bonds.